The molecule has 8 fully saturated rings. The number of benzene rings is 2. The van der Waals surface area contributed by atoms with Crippen molar-refractivity contribution in [2.75, 3.05) is 0 Å². The van der Waals surface area contributed by atoms with Crippen LogP contribution in [0.15, 0.2) is 159 Å². The maximum absolute atomic E-state index is 8.15. The molecule has 8 aliphatic carbocycles. The monoisotopic (exact) mass is 1320 g/mol. The van der Waals surface area contributed by atoms with E-state index in [1.807, 2.05) is 84.0 Å². The normalized spacial score (nSPS) is 22.6. The van der Waals surface area contributed by atoms with Gasteiger partial charge in [-0.15, -0.1) is 0 Å². The number of aromatic amines is 2. The van der Waals surface area contributed by atoms with E-state index in [0.717, 1.165) is 58.3 Å². The minimum atomic E-state index is -0.353. The summed E-state index contributed by atoms with van der Waals surface area (Å²) < 4.78 is 15.9. The van der Waals surface area contributed by atoms with Gasteiger partial charge in [0.2, 0.25) is 0 Å². The van der Waals surface area contributed by atoms with Crippen LogP contribution in [0.25, 0.3) is 0 Å². The molecule has 8 saturated carbocycles. The number of nitrogens with one attached hydrogen (secondary N) is 2. The zero-order valence-electron chi connectivity index (χ0n) is 52.4. The zero-order chi connectivity index (χ0) is 61.6. The fourth-order valence-corrected chi connectivity index (χ4v) is 18.2. The van der Waals surface area contributed by atoms with E-state index >= 15 is 0 Å². The van der Waals surface area contributed by atoms with Crippen LogP contribution in [-0.4, -0.2) is 29.8 Å². The Morgan fingerprint density at radius 2 is 0.802 bits per heavy atom. The number of hydrogen-bond donors (Lipinski definition) is 2. The van der Waals surface area contributed by atoms with E-state index in [0.29, 0.717) is 28.2 Å². The zero-order valence-corrected chi connectivity index (χ0v) is 56.4. The molecular formula is C73H89Mo2N11. The third kappa shape index (κ3) is 21.3. The van der Waals surface area contributed by atoms with Gasteiger partial charge in [-0.1, -0.05) is 87.6 Å². The molecule has 13 heteroatoms. The first-order valence-corrected chi connectivity index (χ1v) is 34.7. The minimum Gasteiger partial charge on any atom is -0.665 e. The van der Waals surface area contributed by atoms with Crippen LogP contribution in [0.5, 0.6) is 0 Å². The van der Waals surface area contributed by atoms with Gasteiger partial charge in [0.25, 0.3) is 0 Å². The minimum absolute atomic E-state index is 0.176. The van der Waals surface area contributed by atoms with Crippen LogP contribution >= 0.6 is 0 Å². The SMILES string of the molecule is CC(C)([CH]=[Mo+2]=[N]C12CC3CC(CC(C3)C1)C2)c1ccccc1.CC(C)([CH]=[Mo+2]=[N]C12CC3CC(CC(C3)C1)C2)c1ccccc1.Cc1ccc(C)[n-]1.Cc1ccc(C)[n-]1.Cc1ccc(C)[nH]1.N#Cc1ccc[n-]1.N#Cc1ccc[n-]1.N#Cc1ccc[nH]1. The van der Waals surface area contributed by atoms with Crippen LogP contribution in [0.4, 0.5) is 0 Å². The molecular weight excluding hydrogens is 1220 g/mol. The molecule has 6 heterocycles. The molecule has 0 atom stereocenters. The van der Waals surface area contributed by atoms with Crippen molar-refractivity contribution in [2.45, 2.75) is 168 Å². The molecule has 0 unspecified atom stereocenters. The molecule has 8 bridgehead atoms. The van der Waals surface area contributed by atoms with E-state index in [4.69, 9.17) is 22.8 Å². The summed E-state index contributed by atoms with van der Waals surface area (Å²) in [6.07, 6.45) is 22.6. The van der Waals surface area contributed by atoms with Crippen LogP contribution in [0.3, 0.4) is 0 Å². The van der Waals surface area contributed by atoms with Gasteiger partial charge in [0.1, 0.15) is 11.8 Å². The molecule has 0 radical (unpaired) electrons. The molecule has 11 nitrogen and oxygen atoms in total. The second-order valence-electron chi connectivity index (χ2n) is 25.8. The first kappa shape index (κ1) is 66.8. The van der Waals surface area contributed by atoms with E-state index in [-0.39, 0.29) is 46.7 Å². The van der Waals surface area contributed by atoms with Crippen molar-refractivity contribution in [3.63, 3.8) is 0 Å². The standard InChI is InChI=1S/2C10H15N.2C10H12.C6H9N.2C6H8N.C5H4N2.2C5H3N2.2Mo/c2*11-10-4-7-1-8(5-10)3-9(2-7)6-10;2*1-10(2,3)9-7-5-4-6-8-9;3*1-5-3-4-6(2)7-5;3*6-4-5-2-1-3-7-5;;/h2*7-9H,1-6H2;2*1,4-8H,2-3H3;3-4,7H,1-2H3;2*3-4H,1-2H3;1-3,7H;2*1-3H;;/q;;;;;2*-1;;2*-1;2*+2. The molecule has 86 heavy (non-hydrogen) atoms. The van der Waals surface area contributed by atoms with Gasteiger partial charge in [0.15, 0.2) is 0 Å². The molecule has 8 aliphatic rings. The molecule has 6 aromatic heterocycles. The van der Waals surface area contributed by atoms with Crippen molar-refractivity contribution in [1.29, 1.82) is 15.8 Å². The third-order valence-corrected chi connectivity index (χ3v) is 22.9. The number of nitrogens with zero attached hydrogens (tertiary/aromatic N) is 9. The van der Waals surface area contributed by atoms with E-state index in [1.165, 1.54) is 99.6 Å². The summed E-state index contributed by atoms with van der Waals surface area (Å²) in [5, 5.41) is 24.4. The Bertz CT molecular complexity index is 3090. The van der Waals surface area contributed by atoms with Gasteiger partial charge in [-0.05, 0) is 38.1 Å². The fourth-order valence-electron chi connectivity index (χ4n) is 13.7. The van der Waals surface area contributed by atoms with Crippen LogP contribution in [0.1, 0.15) is 167 Å². The maximum atomic E-state index is 8.15. The number of rotatable bonds is 6. The van der Waals surface area contributed by atoms with Gasteiger partial charge in [-0.2, -0.15) is 51.0 Å². The van der Waals surface area contributed by atoms with Gasteiger partial charge >= 0.3 is 286 Å². The van der Waals surface area contributed by atoms with Crippen molar-refractivity contribution in [3.05, 3.63) is 214 Å². The Morgan fingerprint density at radius 1 is 0.453 bits per heavy atom. The summed E-state index contributed by atoms with van der Waals surface area (Å²) in [5.74, 6) is 6.11. The topological polar surface area (TPSA) is 184 Å². The van der Waals surface area contributed by atoms with E-state index < -0.39 is 0 Å². The van der Waals surface area contributed by atoms with E-state index in [1.54, 1.807) is 55.0 Å². The molecule has 0 aliphatic heterocycles. The Morgan fingerprint density at radius 3 is 1.01 bits per heavy atom. The number of aryl methyl sites for hydroxylation is 6. The van der Waals surface area contributed by atoms with Gasteiger partial charge in [-0.3, -0.25) is 0 Å². The summed E-state index contributed by atoms with van der Waals surface area (Å²) in [6, 6.07) is 50.1. The third-order valence-electron chi connectivity index (χ3n) is 17.1. The molecule has 0 spiro atoms. The van der Waals surface area contributed by atoms with Crippen LogP contribution in [0, 0.1) is 111 Å². The molecule has 0 saturated heterocycles. The molecule has 448 valence electrons. The molecule has 2 N–H and O–H groups in total. The number of hydrogen-bond acceptors (Lipinski definition) is 5. The van der Waals surface area contributed by atoms with Gasteiger partial charge in [-0.25, -0.2) is 0 Å². The quantitative estimate of drug-likeness (QED) is 0.155. The average Bonchev–Trinajstić information content (AvgIpc) is 1.15. The van der Waals surface area contributed by atoms with Crippen LogP contribution in [0.2, 0.25) is 0 Å². The van der Waals surface area contributed by atoms with Crippen molar-refractivity contribution in [2.24, 2.45) is 42.5 Å². The number of aromatic nitrogens is 6. The Hall–Kier alpha value is -6.69. The fraction of sp³-hybridized carbons (Fsp3) is 0.438. The Balaban J connectivity index is 0.000000151. The second kappa shape index (κ2) is 32.3. The smallest absolute Gasteiger partial charge is 0.117 e. The summed E-state index contributed by atoms with van der Waals surface area (Å²) >= 11 is -0.705. The average molecular weight is 1310 g/mol. The summed E-state index contributed by atoms with van der Waals surface area (Å²) in [5.41, 5.74) is 12.5. The molecule has 2 aromatic carbocycles. The van der Waals surface area contributed by atoms with Crippen molar-refractivity contribution < 1.29 is 35.8 Å². The number of H-pyrrole nitrogens is 2. The van der Waals surface area contributed by atoms with Crippen molar-refractivity contribution in [1.82, 2.24) is 29.9 Å². The molecule has 16 rings (SSSR count). The molecule has 8 aromatic rings. The van der Waals surface area contributed by atoms with Crippen LogP contribution in [-0.2, 0) is 46.7 Å². The second-order valence-corrected chi connectivity index (χ2v) is 28.9. The summed E-state index contributed by atoms with van der Waals surface area (Å²) in [4.78, 5) is 21.4. The van der Waals surface area contributed by atoms with Gasteiger partial charge < -0.3 is 29.9 Å². The maximum Gasteiger partial charge on any atom is 0.117 e. The van der Waals surface area contributed by atoms with E-state index in [9.17, 15) is 0 Å². The van der Waals surface area contributed by atoms with Gasteiger partial charge in [0, 0.05) is 17.6 Å². The predicted molar refractivity (Wildman–Crippen MR) is 341 cm³/mol. The number of nitriles is 3. The Labute approximate surface area is 529 Å². The van der Waals surface area contributed by atoms with Crippen molar-refractivity contribution >= 4 is 8.80 Å². The van der Waals surface area contributed by atoms with Gasteiger partial charge in [0.05, 0.1) is 12.1 Å². The van der Waals surface area contributed by atoms with Crippen molar-refractivity contribution in [3.8, 4) is 18.2 Å². The van der Waals surface area contributed by atoms with E-state index in [2.05, 4.69) is 139 Å². The first-order chi connectivity index (χ1) is 41.3. The predicted octanol–water partition coefficient (Wildman–Crippen LogP) is 16.1. The largest absolute Gasteiger partial charge is 0.665 e. The Kier molecular flexibility index (Phi) is 25.1. The summed E-state index contributed by atoms with van der Waals surface area (Å²) in [6.45, 7) is 21.5. The van der Waals surface area contributed by atoms with Crippen LogP contribution < -0.4 is 19.9 Å². The molecule has 0 amide bonds. The first-order valence-electron chi connectivity index (χ1n) is 30.6. The summed E-state index contributed by atoms with van der Waals surface area (Å²) in [7, 11) is 0.